The monoisotopic (exact) mass is 257 g/mol. The number of hydrogen-bond acceptors (Lipinski definition) is 3. The van der Waals surface area contributed by atoms with Crippen LogP contribution in [0.15, 0.2) is 4.99 Å². The van der Waals surface area contributed by atoms with Crippen LogP contribution in [0, 0.1) is 5.92 Å². The first-order valence-corrected chi connectivity index (χ1v) is 6.88. The van der Waals surface area contributed by atoms with Crippen LogP contribution >= 0.6 is 0 Å². The maximum absolute atomic E-state index is 5.39. The lowest BCUT2D eigenvalue weighted by Crippen LogP contribution is -2.38. The summed E-state index contributed by atoms with van der Waals surface area (Å²) in [6.07, 6.45) is 5.06. The fraction of sp³-hybridized carbons (Fsp3) is 0.923. The maximum atomic E-state index is 5.39. The molecule has 0 aliphatic heterocycles. The molecule has 0 aromatic rings. The third-order valence-electron chi connectivity index (χ3n) is 2.96. The van der Waals surface area contributed by atoms with Crippen molar-refractivity contribution in [1.82, 2.24) is 10.6 Å². The minimum absolute atomic E-state index is 0.665. The van der Waals surface area contributed by atoms with Gasteiger partial charge in [-0.2, -0.15) is 0 Å². The lowest BCUT2D eigenvalue weighted by molar-refractivity contribution is 0.0698. The molecule has 0 saturated heterocycles. The van der Waals surface area contributed by atoms with Crippen molar-refractivity contribution in [3.8, 4) is 0 Å². The Balaban J connectivity index is 1.87. The molecule has 0 spiro atoms. The molecule has 0 atom stereocenters. The molecule has 106 valence electrons. The van der Waals surface area contributed by atoms with E-state index in [0.717, 1.165) is 38.0 Å². The highest BCUT2D eigenvalue weighted by Crippen LogP contribution is 2.31. The first-order valence-electron chi connectivity index (χ1n) is 6.88. The smallest absolute Gasteiger partial charge is 0.190 e. The zero-order valence-corrected chi connectivity index (χ0v) is 11.7. The second-order valence-electron chi connectivity index (χ2n) is 4.62. The number of nitrogens with zero attached hydrogens (tertiary/aromatic N) is 1. The van der Waals surface area contributed by atoms with Gasteiger partial charge in [0.25, 0.3) is 0 Å². The minimum atomic E-state index is 0.665. The van der Waals surface area contributed by atoms with Crippen LogP contribution < -0.4 is 10.6 Å². The van der Waals surface area contributed by atoms with E-state index < -0.39 is 0 Å². The Kier molecular flexibility index (Phi) is 8.59. The molecule has 5 nitrogen and oxygen atoms in total. The van der Waals surface area contributed by atoms with Crippen LogP contribution in [0.1, 0.15) is 25.7 Å². The van der Waals surface area contributed by atoms with Gasteiger partial charge in [-0.05, 0) is 18.8 Å². The Morgan fingerprint density at radius 3 is 2.61 bits per heavy atom. The van der Waals surface area contributed by atoms with Crippen LogP contribution in [0.5, 0.6) is 0 Å². The van der Waals surface area contributed by atoms with Gasteiger partial charge in [0.2, 0.25) is 0 Å². The van der Waals surface area contributed by atoms with Gasteiger partial charge in [0.05, 0.1) is 13.2 Å². The summed E-state index contributed by atoms with van der Waals surface area (Å²) in [6.45, 7) is 4.00. The summed E-state index contributed by atoms with van der Waals surface area (Å²) in [5.74, 6) is 1.86. The van der Waals surface area contributed by atoms with Crippen molar-refractivity contribution in [2.24, 2.45) is 10.9 Å². The fourth-order valence-corrected chi connectivity index (χ4v) is 1.65. The first kappa shape index (κ1) is 15.2. The number of hydrogen-bond donors (Lipinski definition) is 2. The number of ether oxygens (including phenoxy) is 2. The lowest BCUT2D eigenvalue weighted by Gasteiger charge is -2.11. The predicted molar refractivity (Wildman–Crippen MR) is 74.0 cm³/mol. The second-order valence-corrected chi connectivity index (χ2v) is 4.62. The quantitative estimate of drug-likeness (QED) is 0.348. The fourth-order valence-electron chi connectivity index (χ4n) is 1.65. The van der Waals surface area contributed by atoms with Gasteiger partial charge < -0.3 is 20.1 Å². The van der Waals surface area contributed by atoms with E-state index in [1.807, 2.05) is 7.05 Å². The third-order valence-corrected chi connectivity index (χ3v) is 2.96. The number of guanidine groups is 1. The summed E-state index contributed by atoms with van der Waals surface area (Å²) >= 11 is 0. The van der Waals surface area contributed by atoms with E-state index in [1.165, 1.54) is 19.3 Å². The molecule has 0 bridgehead atoms. The van der Waals surface area contributed by atoms with Crippen LogP contribution in [0.4, 0.5) is 0 Å². The molecule has 0 radical (unpaired) electrons. The van der Waals surface area contributed by atoms with Gasteiger partial charge in [-0.15, -0.1) is 0 Å². The Labute approximate surface area is 110 Å². The van der Waals surface area contributed by atoms with Crippen LogP contribution in [0.2, 0.25) is 0 Å². The van der Waals surface area contributed by atoms with E-state index in [-0.39, 0.29) is 0 Å². The van der Waals surface area contributed by atoms with Crippen LogP contribution in [-0.2, 0) is 9.47 Å². The Morgan fingerprint density at radius 1 is 1.17 bits per heavy atom. The van der Waals surface area contributed by atoms with Crippen molar-refractivity contribution in [3.05, 3.63) is 0 Å². The van der Waals surface area contributed by atoms with Crippen LogP contribution in [-0.4, -0.2) is 53.0 Å². The minimum Gasteiger partial charge on any atom is -0.382 e. The molecular weight excluding hydrogens is 230 g/mol. The molecular formula is C13H27N3O2. The van der Waals surface area contributed by atoms with Gasteiger partial charge >= 0.3 is 0 Å². The van der Waals surface area contributed by atoms with Crippen LogP contribution in [0.3, 0.4) is 0 Å². The highest BCUT2D eigenvalue weighted by Gasteiger charge is 2.20. The predicted octanol–water partition coefficient (Wildman–Crippen LogP) is 1.00. The van der Waals surface area contributed by atoms with E-state index in [1.54, 1.807) is 7.11 Å². The number of aliphatic imine (C=N–C) groups is 1. The van der Waals surface area contributed by atoms with E-state index in [9.17, 15) is 0 Å². The molecule has 5 heteroatoms. The topological polar surface area (TPSA) is 54.9 Å². The maximum Gasteiger partial charge on any atom is 0.190 e. The average Bonchev–Trinajstić information content (AvgIpc) is 3.19. The Bertz CT molecular complexity index is 230. The van der Waals surface area contributed by atoms with Gasteiger partial charge in [-0.1, -0.05) is 12.8 Å². The number of rotatable bonds is 10. The molecule has 0 unspecified atom stereocenters. The molecule has 0 aromatic heterocycles. The number of nitrogens with one attached hydrogen (secondary N) is 2. The van der Waals surface area contributed by atoms with Crippen molar-refractivity contribution in [2.45, 2.75) is 25.7 Å². The first-order chi connectivity index (χ1) is 8.86. The van der Waals surface area contributed by atoms with Gasteiger partial charge in [-0.25, -0.2) is 0 Å². The normalized spacial score (nSPS) is 15.8. The lowest BCUT2D eigenvalue weighted by atomic mass is 10.3. The Hall–Kier alpha value is -0.810. The standard InChI is InChI=1S/C13H27N3O2/c1-14-13(16-8-6-12-4-5-12)15-7-3-9-18-11-10-17-2/h12H,3-11H2,1-2H3,(H2,14,15,16). The van der Waals surface area contributed by atoms with Crippen molar-refractivity contribution in [2.75, 3.05) is 47.1 Å². The second kappa shape index (κ2) is 10.1. The van der Waals surface area contributed by atoms with Gasteiger partial charge in [-0.3, -0.25) is 4.99 Å². The zero-order chi connectivity index (χ0) is 13.1. The largest absolute Gasteiger partial charge is 0.382 e. The van der Waals surface area contributed by atoms with E-state index in [0.29, 0.717) is 13.2 Å². The van der Waals surface area contributed by atoms with Crippen LogP contribution in [0.25, 0.3) is 0 Å². The molecule has 0 heterocycles. The van der Waals surface area contributed by atoms with Crippen molar-refractivity contribution >= 4 is 5.96 Å². The molecule has 0 amide bonds. The molecule has 1 fully saturated rings. The molecule has 2 N–H and O–H groups in total. The molecule has 1 aliphatic rings. The molecule has 1 rings (SSSR count). The van der Waals surface area contributed by atoms with Crippen molar-refractivity contribution < 1.29 is 9.47 Å². The molecule has 0 aromatic carbocycles. The molecule has 18 heavy (non-hydrogen) atoms. The van der Waals surface area contributed by atoms with Gasteiger partial charge in [0.15, 0.2) is 5.96 Å². The third kappa shape index (κ3) is 8.31. The van der Waals surface area contributed by atoms with Crippen molar-refractivity contribution in [3.63, 3.8) is 0 Å². The summed E-state index contributed by atoms with van der Waals surface area (Å²) in [5, 5.41) is 6.61. The number of methoxy groups -OCH3 is 1. The summed E-state index contributed by atoms with van der Waals surface area (Å²) < 4.78 is 10.3. The summed E-state index contributed by atoms with van der Waals surface area (Å²) in [6, 6.07) is 0. The SMILES string of the molecule is CN=C(NCCCOCCOC)NCCC1CC1. The van der Waals surface area contributed by atoms with Gasteiger partial charge in [0, 0.05) is 33.9 Å². The molecule has 1 aliphatic carbocycles. The molecule has 1 saturated carbocycles. The highest BCUT2D eigenvalue weighted by atomic mass is 16.5. The summed E-state index contributed by atoms with van der Waals surface area (Å²) in [7, 11) is 3.49. The summed E-state index contributed by atoms with van der Waals surface area (Å²) in [4.78, 5) is 4.19. The van der Waals surface area contributed by atoms with Gasteiger partial charge in [0.1, 0.15) is 0 Å². The van der Waals surface area contributed by atoms with E-state index in [2.05, 4.69) is 15.6 Å². The highest BCUT2D eigenvalue weighted by molar-refractivity contribution is 5.79. The van der Waals surface area contributed by atoms with Crippen molar-refractivity contribution in [1.29, 1.82) is 0 Å². The van der Waals surface area contributed by atoms with E-state index in [4.69, 9.17) is 9.47 Å². The van der Waals surface area contributed by atoms with E-state index >= 15 is 0 Å². The Morgan fingerprint density at radius 2 is 1.94 bits per heavy atom. The zero-order valence-electron chi connectivity index (χ0n) is 11.7. The average molecular weight is 257 g/mol. The summed E-state index contributed by atoms with van der Waals surface area (Å²) in [5.41, 5.74) is 0.